The monoisotopic (exact) mass is 278 g/mol. The molecule has 1 atom stereocenters. The van der Waals surface area contributed by atoms with Crippen LogP contribution < -0.4 is 0 Å². The molecule has 1 heterocycles. The zero-order chi connectivity index (χ0) is 13.7. The molecule has 0 aliphatic carbocycles. The number of pyridine rings is 1. The number of aromatic nitrogens is 1. The van der Waals surface area contributed by atoms with Crippen molar-refractivity contribution in [2.45, 2.75) is 13.1 Å². The third kappa shape index (κ3) is 3.91. The molecule has 2 rings (SSSR count). The molecule has 0 amide bonds. The lowest BCUT2D eigenvalue weighted by molar-refractivity contribution is 0.349. The molecule has 1 aromatic heterocycles. The molecule has 0 radical (unpaired) electrons. The summed E-state index contributed by atoms with van der Waals surface area (Å²) in [7, 11) is -1.70. The Labute approximate surface area is 112 Å². The summed E-state index contributed by atoms with van der Waals surface area (Å²) in [4.78, 5) is 4.22. The topological polar surface area (TPSA) is 39.2 Å². The fourth-order valence-electron chi connectivity index (χ4n) is 1.68. The highest BCUT2D eigenvalue weighted by atomic mass is 31.1. The maximum Gasteiger partial charge on any atom is 0.514 e. The van der Waals surface area contributed by atoms with Gasteiger partial charge in [-0.1, -0.05) is 18.2 Å². The molecule has 0 saturated carbocycles. The molecule has 19 heavy (non-hydrogen) atoms. The minimum Gasteiger partial charge on any atom is -0.256 e. The molecule has 3 nitrogen and oxygen atoms in total. The van der Waals surface area contributed by atoms with E-state index in [9.17, 15) is 8.96 Å². The van der Waals surface area contributed by atoms with Crippen LogP contribution in [0.1, 0.15) is 12.6 Å². The average molecular weight is 278 g/mol. The van der Waals surface area contributed by atoms with Gasteiger partial charge in [-0.3, -0.25) is 4.98 Å². The molecule has 0 aliphatic heterocycles. The van der Waals surface area contributed by atoms with Crippen molar-refractivity contribution in [1.82, 2.24) is 4.98 Å². The van der Waals surface area contributed by atoms with Crippen LogP contribution in [0.4, 0.5) is 4.39 Å². The van der Waals surface area contributed by atoms with E-state index in [0.29, 0.717) is 18.5 Å². The van der Waals surface area contributed by atoms with E-state index in [2.05, 4.69) is 4.98 Å². The molecule has 98 valence electrons. The molecule has 2 aromatic rings. The van der Waals surface area contributed by atoms with Gasteiger partial charge in [-0.05, 0) is 35.3 Å². The van der Waals surface area contributed by atoms with E-state index < -0.39 is 8.03 Å². The highest BCUT2D eigenvalue weighted by molar-refractivity contribution is 7.38. The molecular weight excluding hydrogens is 264 g/mol. The second kappa shape index (κ2) is 6.50. The molecule has 0 bridgehead atoms. The molecule has 0 saturated heterocycles. The predicted octanol–water partition coefficient (Wildman–Crippen LogP) is 4.17. The highest BCUT2D eigenvalue weighted by Gasteiger charge is 2.18. The van der Waals surface area contributed by atoms with Crippen LogP contribution in [-0.4, -0.2) is 11.6 Å². The van der Waals surface area contributed by atoms with Crippen LogP contribution in [-0.2, 0) is 15.3 Å². The first-order valence-electron chi connectivity index (χ1n) is 5.97. The molecule has 0 fully saturated rings. The minimum atomic E-state index is -1.70. The summed E-state index contributed by atoms with van der Waals surface area (Å²) >= 11 is 0. The Morgan fingerprint density at radius 1 is 1.26 bits per heavy atom. The summed E-state index contributed by atoms with van der Waals surface area (Å²) in [5, 5.41) is 0. The lowest BCUT2D eigenvalue weighted by Crippen LogP contribution is -1.89. The second-order valence-electron chi connectivity index (χ2n) is 3.96. The Balaban J connectivity index is 2.12. The predicted molar refractivity (Wildman–Crippen MR) is 72.6 cm³/mol. The van der Waals surface area contributed by atoms with Gasteiger partial charge >= 0.3 is 8.03 Å². The van der Waals surface area contributed by atoms with Crippen LogP contribution in [0.25, 0.3) is 11.1 Å². The summed E-state index contributed by atoms with van der Waals surface area (Å²) in [5.74, 6) is -0.277. The van der Waals surface area contributed by atoms with Gasteiger partial charge in [0.15, 0.2) is 0 Å². The summed E-state index contributed by atoms with van der Waals surface area (Å²) in [6.45, 7) is 2.23. The van der Waals surface area contributed by atoms with E-state index in [4.69, 9.17) is 4.52 Å². The third-order valence-electron chi connectivity index (χ3n) is 2.55. The van der Waals surface area contributed by atoms with E-state index in [-0.39, 0.29) is 5.82 Å². The van der Waals surface area contributed by atoms with Gasteiger partial charge in [0.25, 0.3) is 0 Å². The second-order valence-corrected chi connectivity index (χ2v) is 5.20. The number of hydrogen-bond donors (Lipinski definition) is 0. The maximum atomic E-state index is 13.1. The Kier molecular flexibility index (Phi) is 4.72. The zero-order valence-electron chi connectivity index (χ0n) is 10.5. The quantitative estimate of drug-likeness (QED) is 0.771. The summed E-state index contributed by atoms with van der Waals surface area (Å²) in [6.07, 6.45) is 1.95. The molecule has 0 spiro atoms. The van der Waals surface area contributed by atoms with E-state index in [1.165, 1.54) is 12.1 Å². The Hall–Kier alpha value is -1.64. The standard InChI is InChI=1S/C14H14FNO2P/c1-2-18-19(17)10-14-7-6-12(9-16-14)11-4-3-5-13(15)8-11/h3-9H,2,10H2,1H3/q+1. The van der Waals surface area contributed by atoms with Crippen molar-refractivity contribution >= 4 is 8.03 Å². The first kappa shape index (κ1) is 13.8. The van der Waals surface area contributed by atoms with Gasteiger partial charge in [-0.25, -0.2) is 4.39 Å². The van der Waals surface area contributed by atoms with E-state index in [1.807, 2.05) is 12.1 Å². The first-order valence-corrected chi connectivity index (χ1v) is 7.33. The van der Waals surface area contributed by atoms with E-state index >= 15 is 0 Å². The maximum absolute atomic E-state index is 13.1. The highest BCUT2D eigenvalue weighted by Crippen LogP contribution is 2.27. The van der Waals surface area contributed by atoms with Gasteiger partial charge in [0.2, 0.25) is 6.16 Å². The number of rotatable bonds is 5. The Bertz CT molecular complexity index is 572. The number of hydrogen-bond acceptors (Lipinski definition) is 3. The lowest BCUT2D eigenvalue weighted by atomic mass is 10.1. The summed E-state index contributed by atoms with van der Waals surface area (Å²) in [5.41, 5.74) is 2.30. The van der Waals surface area contributed by atoms with Crippen LogP contribution in [0.3, 0.4) is 0 Å². The lowest BCUT2D eigenvalue weighted by Gasteiger charge is -2.01. The zero-order valence-corrected chi connectivity index (χ0v) is 11.4. The molecule has 1 unspecified atom stereocenters. The van der Waals surface area contributed by atoms with Crippen LogP contribution >= 0.6 is 8.03 Å². The number of halogens is 1. The molecule has 1 aromatic carbocycles. The summed E-state index contributed by atoms with van der Waals surface area (Å²) in [6, 6.07) is 9.96. The van der Waals surface area contributed by atoms with E-state index in [1.54, 1.807) is 25.3 Å². The normalized spacial score (nSPS) is 11.4. The minimum absolute atomic E-state index is 0.277. The van der Waals surface area contributed by atoms with Crippen molar-refractivity contribution < 1.29 is 13.5 Å². The SMILES string of the molecule is CCO[P+](=O)Cc1ccc(-c2cccc(F)c2)cn1. The van der Waals surface area contributed by atoms with Crippen LogP contribution in [0.5, 0.6) is 0 Å². The Morgan fingerprint density at radius 3 is 2.74 bits per heavy atom. The van der Waals surface area contributed by atoms with Crippen molar-refractivity contribution in [3.05, 3.63) is 54.1 Å². The van der Waals surface area contributed by atoms with Gasteiger partial charge in [-0.2, -0.15) is 0 Å². The van der Waals surface area contributed by atoms with Crippen molar-refractivity contribution in [3.63, 3.8) is 0 Å². The summed E-state index contributed by atoms with van der Waals surface area (Å²) < 4.78 is 29.6. The Morgan fingerprint density at radius 2 is 2.11 bits per heavy atom. The number of benzene rings is 1. The molecule has 0 N–H and O–H groups in total. The fraction of sp³-hybridized carbons (Fsp3) is 0.214. The van der Waals surface area contributed by atoms with E-state index in [0.717, 1.165) is 11.1 Å². The number of nitrogens with zero attached hydrogens (tertiary/aromatic N) is 1. The van der Waals surface area contributed by atoms with Crippen molar-refractivity contribution in [2.75, 3.05) is 6.61 Å². The van der Waals surface area contributed by atoms with Gasteiger partial charge in [0, 0.05) is 11.8 Å². The fourth-order valence-corrected chi connectivity index (χ4v) is 2.51. The van der Waals surface area contributed by atoms with Gasteiger partial charge in [-0.15, -0.1) is 4.52 Å². The smallest absolute Gasteiger partial charge is 0.256 e. The van der Waals surface area contributed by atoms with Gasteiger partial charge in [0.1, 0.15) is 5.82 Å². The van der Waals surface area contributed by atoms with Gasteiger partial charge < -0.3 is 0 Å². The molecule has 0 aliphatic rings. The average Bonchev–Trinajstić information content (AvgIpc) is 2.40. The first-order chi connectivity index (χ1) is 9.19. The van der Waals surface area contributed by atoms with Crippen LogP contribution in [0.2, 0.25) is 0 Å². The largest absolute Gasteiger partial charge is 0.514 e. The third-order valence-corrected chi connectivity index (χ3v) is 3.68. The van der Waals surface area contributed by atoms with Gasteiger partial charge in [0.05, 0.1) is 12.3 Å². The van der Waals surface area contributed by atoms with Crippen LogP contribution in [0.15, 0.2) is 42.6 Å². The van der Waals surface area contributed by atoms with Crippen molar-refractivity contribution in [3.8, 4) is 11.1 Å². The van der Waals surface area contributed by atoms with Crippen LogP contribution in [0, 0.1) is 5.82 Å². The van der Waals surface area contributed by atoms with Crippen molar-refractivity contribution in [2.24, 2.45) is 0 Å². The molecule has 5 heteroatoms. The van der Waals surface area contributed by atoms with Crippen molar-refractivity contribution in [1.29, 1.82) is 0 Å². The molecular formula is C14H14FNO2P+.